The molecule has 2 aliphatic heterocycles. The van der Waals surface area contributed by atoms with Crippen LogP contribution >= 0.6 is 27.3 Å². The molecule has 1 aromatic heterocycles. The minimum Gasteiger partial charge on any atom is -0.368 e. The van der Waals surface area contributed by atoms with E-state index in [2.05, 4.69) is 21.2 Å². The Morgan fingerprint density at radius 3 is 2.79 bits per heavy atom. The molecule has 3 unspecified atom stereocenters. The van der Waals surface area contributed by atoms with E-state index in [1.165, 1.54) is 11.3 Å². The van der Waals surface area contributed by atoms with Gasteiger partial charge in [0.05, 0.1) is 6.10 Å². The number of carbonyl (C=O) groups is 3. The first kappa shape index (κ1) is 19.3. The SMILES string of the molecule is O=C(NC(Cc1cccs1)C(=O)N1CCC2OCC(=O)C21)c1ccc(Br)cc1. The number of fused-ring (bicyclic) bond motifs is 1. The van der Waals surface area contributed by atoms with Crippen LogP contribution in [0.25, 0.3) is 0 Å². The van der Waals surface area contributed by atoms with E-state index in [-0.39, 0.29) is 30.3 Å². The Morgan fingerprint density at radius 2 is 2.07 bits per heavy atom. The topological polar surface area (TPSA) is 75.7 Å². The molecular weight excluding hydrogens is 444 g/mol. The van der Waals surface area contributed by atoms with E-state index in [1.54, 1.807) is 29.2 Å². The third-order valence-electron chi connectivity index (χ3n) is 5.09. The summed E-state index contributed by atoms with van der Waals surface area (Å²) < 4.78 is 6.36. The summed E-state index contributed by atoms with van der Waals surface area (Å²) in [6.07, 6.45) is 0.817. The summed E-state index contributed by atoms with van der Waals surface area (Å²) in [7, 11) is 0. The zero-order valence-corrected chi connectivity index (χ0v) is 17.4. The Bertz CT molecular complexity index is 884. The molecule has 2 amide bonds. The highest BCUT2D eigenvalue weighted by Gasteiger charge is 2.48. The van der Waals surface area contributed by atoms with Gasteiger partial charge in [0, 0.05) is 27.9 Å². The quantitative estimate of drug-likeness (QED) is 0.739. The number of likely N-dealkylation sites (tertiary alicyclic amines) is 1. The lowest BCUT2D eigenvalue weighted by molar-refractivity contribution is -0.138. The minimum absolute atomic E-state index is 0.0555. The maximum absolute atomic E-state index is 13.3. The Kier molecular flexibility index (Phi) is 5.61. The van der Waals surface area contributed by atoms with Crippen LogP contribution in [0.5, 0.6) is 0 Å². The highest BCUT2D eigenvalue weighted by Crippen LogP contribution is 2.28. The molecule has 2 saturated heterocycles. The number of nitrogens with zero attached hydrogens (tertiary/aromatic N) is 1. The fourth-order valence-corrected chi connectivity index (χ4v) is 4.73. The van der Waals surface area contributed by atoms with E-state index in [1.807, 2.05) is 17.5 Å². The Labute approximate surface area is 175 Å². The van der Waals surface area contributed by atoms with E-state index >= 15 is 0 Å². The van der Waals surface area contributed by atoms with Crippen molar-refractivity contribution in [1.82, 2.24) is 10.2 Å². The van der Waals surface area contributed by atoms with Crippen molar-refractivity contribution in [2.75, 3.05) is 13.2 Å². The number of rotatable bonds is 5. The molecule has 1 aromatic carbocycles. The first-order valence-electron chi connectivity index (χ1n) is 9.06. The van der Waals surface area contributed by atoms with Crippen LogP contribution in [-0.4, -0.2) is 53.8 Å². The lowest BCUT2D eigenvalue weighted by Crippen LogP contribution is -2.53. The van der Waals surface area contributed by atoms with Crippen LogP contribution in [0, 0.1) is 0 Å². The van der Waals surface area contributed by atoms with Crippen LogP contribution < -0.4 is 5.32 Å². The maximum atomic E-state index is 13.3. The van der Waals surface area contributed by atoms with Crippen LogP contribution in [0.1, 0.15) is 21.7 Å². The fraction of sp³-hybridized carbons (Fsp3) is 0.350. The molecule has 8 heteroatoms. The van der Waals surface area contributed by atoms with Crippen molar-refractivity contribution in [2.24, 2.45) is 0 Å². The summed E-state index contributed by atoms with van der Waals surface area (Å²) in [6, 6.07) is 9.56. The third-order valence-corrected chi connectivity index (χ3v) is 6.52. The van der Waals surface area contributed by atoms with E-state index in [0.29, 0.717) is 24.9 Å². The molecule has 0 spiro atoms. The van der Waals surface area contributed by atoms with Crippen molar-refractivity contribution in [2.45, 2.75) is 31.0 Å². The molecule has 28 heavy (non-hydrogen) atoms. The van der Waals surface area contributed by atoms with Crippen LogP contribution in [0.2, 0.25) is 0 Å². The fourth-order valence-electron chi connectivity index (χ4n) is 3.71. The van der Waals surface area contributed by atoms with Gasteiger partial charge in [0.1, 0.15) is 18.7 Å². The van der Waals surface area contributed by atoms with Gasteiger partial charge < -0.3 is 15.0 Å². The average molecular weight is 463 g/mol. The highest BCUT2D eigenvalue weighted by molar-refractivity contribution is 9.10. The number of amides is 2. The average Bonchev–Trinajstić information content (AvgIpc) is 3.41. The molecule has 4 rings (SSSR count). The van der Waals surface area contributed by atoms with E-state index < -0.39 is 12.1 Å². The molecule has 0 aliphatic carbocycles. The summed E-state index contributed by atoms with van der Waals surface area (Å²) in [5.74, 6) is -0.609. The normalized spacial score (nSPS) is 22.2. The number of thiophene rings is 1. The zero-order chi connectivity index (χ0) is 19.7. The number of benzene rings is 1. The van der Waals surface area contributed by atoms with Gasteiger partial charge in [-0.1, -0.05) is 22.0 Å². The highest BCUT2D eigenvalue weighted by atomic mass is 79.9. The monoisotopic (exact) mass is 462 g/mol. The van der Waals surface area contributed by atoms with Crippen molar-refractivity contribution in [3.05, 3.63) is 56.7 Å². The standard InChI is InChI=1S/C20H19BrN2O4S/c21-13-5-3-12(4-6-13)19(25)22-15(10-14-2-1-9-28-14)20(26)23-8-7-17-18(23)16(24)11-27-17/h1-6,9,15,17-18H,7-8,10-11H2,(H,22,25). The smallest absolute Gasteiger partial charge is 0.251 e. The number of hydrogen-bond acceptors (Lipinski definition) is 5. The lowest BCUT2D eigenvalue weighted by atomic mass is 10.1. The van der Waals surface area contributed by atoms with Crippen LogP contribution in [0.4, 0.5) is 0 Å². The summed E-state index contributed by atoms with van der Waals surface area (Å²) in [6.45, 7) is 0.523. The predicted octanol–water partition coefficient (Wildman–Crippen LogP) is 2.42. The second-order valence-electron chi connectivity index (χ2n) is 6.90. The van der Waals surface area contributed by atoms with Gasteiger partial charge in [0.25, 0.3) is 5.91 Å². The molecule has 146 valence electrons. The maximum Gasteiger partial charge on any atom is 0.251 e. The third kappa shape index (κ3) is 3.90. The van der Waals surface area contributed by atoms with Crippen molar-refractivity contribution in [1.29, 1.82) is 0 Å². The van der Waals surface area contributed by atoms with Gasteiger partial charge in [-0.15, -0.1) is 11.3 Å². The van der Waals surface area contributed by atoms with Gasteiger partial charge in [-0.25, -0.2) is 0 Å². The van der Waals surface area contributed by atoms with E-state index in [4.69, 9.17) is 4.74 Å². The molecule has 0 saturated carbocycles. The number of halogens is 1. The second-order valence-corrected chi connectivity index (χ2v) is 8.85. The van der Waals surface area contributed by atoms with Crippen molar-refractivity contribution in [3.63, 3.8) is 0 Å². The Balaban J connectivity index is 1.54. The summed E-state index contributed by atoms with van der Waals surface area (Å²) in [5, 5.41) is 4.81. The van der Waals surface area contributed by atoms with Gasteiger partial charge in [0.2, 0.25) is 5.91 Å². The summed E-state index contributed by atoms with van der Waals surface area (Å²) >= 11 is 4.89. The molecule has 2 aliphatic rings. The minimum atomic E-state index is -0.734. The molecule has 0 bridgehead atoms. The number of ketones is 1. The Morgan fingerprint density at radius 1 is 1.29 bits per heavy atom. The van der Waals surface area contributed by atoms with Gasteiger partial charge >= 0.3 is 0 Å². The lowest BCUT2D eigenvalue weighted by Gasteiger charge is -2.27. The number of carbonyl (C=O) groups excluding carboxylic acids is 3. The summed E-state index contributed by atoms with van der Waals surface area (Å²) in [4.78, 5) is 40.8. The van der Waals surface area contributed by atoms with Gasteiger partial charge in [0.15, 0.2) is 5.78 Å². The van der Waals surface area contributed by atoms with Crippen LogP contribution in [0.3, 0.4) is 0 Å². The Hall–Kier alpha value is -2.03. The van der Waals surface area contributed by atoms with Crippen LogP contribution in [-0.2, 0) is 20.7 Å². The van der Waals surface area contributed by atoms with E-state index in [9.17, 15) is 14.4 Å². The number of Topliss-reactive ketones (excluding diaryl/α,β-unsaturated/α-hetero) is 1. The van der Waals surface area contributed by atoms with Crippen LogP contribution in [0.15, 0.2) is 46.3 Å². The molecule has 3 atom stereocenters. The molecule has 2 fully saturated rings. The molecule has 0 radical (unpaired) electrons. The van der Waals surface area contributed by atoms with Gasteiger partial charge in [-0.05, 0) is 42.1 Å². The number of nitrogens with one attached hydrogen (secondary N) is 1. The molecule has 1 N–H and O–H groups in total. The first-order valence-corrected chi connectivity index (χ1v) is 10.7. The van der Waals surface area contributed by atoms with Gasteiger partial charge in [-0.3, -0.25) is 14.4 Å². The van der Waals surface area contributed by atoms with Crippen molar-refractivity contribution < 1.29 is 19.1 Å². The molecule has 6 nitrogen and oxygen atoms in total. The van der Waals surface area contributed by atoms with Crippen molar-refractivity contribution in [3.8, 4) is 0 Å². The van der Waals surface area contributed by atoms with Gasteiger partial charge in [-0.2, -0.15) is 0 Å². The molecular formula is C20H19BrN2O4S. The largest absolute Gasteiger partial charge is 0.368 e. The molecule has 3 heterocycles. The first-order chi connectivity index (χ1) is 13.5. The second kappa shape index (κ2) is 8.14. The number of hydrogen-bond donors (Lipinski definition) is 1. The predicted molar refractivity (Wildman–Crippen MR) is 108 cm³/mol. The molecule has 2 aromatic rings. The van der Waals surface area contributed by atoms with E-state index in [0.717, 1.165) is 9.35 Å². The zero-order valence-electron chi connectivity index (χ0n) is 15.0. The van der Waals surface area contributed by atoms with Crippen molar-refractivity contribution >= 4 is 44.9 Å². The number of ether oxygens (including phenoxy) is 1. The summed E-state index contributed by atoms with van der Waals surface area (Å²) in [5.41, 5.74) is 0.478.